The van der Waals surface area contributed by atoms with Crippen LogP contribution in [-0.2, 0) is 19.3 Å². The fraction of sp³-hybridized carbons (Fsp3) is 0.350. The molecular weight excluding hydrogens is 514 g/mol. The van der Waals surface area contributed by atoms with E-state index in [2.05, 4.69) is 15.6 Å². The van der Waals surface area contributed by atoms with Gasteiger partial charge in [0.25, 0.3) is 0 Å². The van der Waals surface area contributed by atoms with Crippen molar-refractivity contribution < 1.29 is 27.8 Å². The third-order valence-corrected chi connectivity index (χ3v) is 4.02. The SMILES string of the molecule is CCNC(=NCc1cc(OC)c(O)c(OC)c1)NCc1cccc(C(F)(F)F)c1.I. The number of aliphatic imine (C=N–C) groups is 1. The molecule has 0 saturated heterocycles. The third-order valence-electron chi connectivity index (χ3n) is 4.02. The Morgan fingerprint density at radius 3 is 2.20 bits per heavy atom. The highest BCUT2D eigenvalue weighted by molar-refractivity contribution is 14.0. The molecule has 0 aliphatic heterocycles. The molecule has 3 N–H and O–H groups in total. The van der Waals surface area contributed by atoms with Crippen molar-refractivity contribution in [1.29, 1.82) is 0 Å². The molecule has 0 aromatic heterocycles. The Morgan fingerprint density at radius 2 is 1.67 bits per heavy atom. The fourth-order valence-electron chi connectivity index (χ4n) is 2.59. The number of phenolic OH excluding ortho intramolecular Hbond substituents is 1. The number of rotatable bonds is 7. The summed E-state index contributed by atoms with van der Waals surface area (Å²) >= 11 is 0. The molecule has 0 saturated carbocycles. The van der Waals surface area contributed by atoms with Gasteiger partial charge >= 0.3 is 6.18 Å². The number of phenols is 1. The highest BCUT2D eigenvalue weighted by Crippen LogP contribution is 2.37. The van der Waals surface area contributed by atoms with Gasteiger partial charge in [-0.3, -0.25) is 0 Å². The molecule has 166 valence electrons. The average molecular weight is 539 g/mol. The molecule has 2 aromatic rings. The molecule has 0 fully saturated rings. The van der Waals surface area contributed by atoms with Crippen molar-refractivity contribution in [3.63, 3.8) is 0 Å². The lowest BCUT2D eigenvalue weighted by Crippen LogP contribution is -2.36. The van der Waals surface area contributed by atoms with Crippen LogP contribution in [-0.4, -0.2) is 31.8 Å². The van der Waals surface area contributed by atoms with Crippen LogP contribution in [0.5, 0.6) is 17.2 Å². The molecule has 10 heteroatoms. The molecule has 0 atom stereocenters. The lowest BCUT2D eigenvalue weighted by molar-refractivity contribution is -0.137. The molecule has 6 nitrogen and oxygen atoms in total. The summed E-state index contributed by atoms with van der Waals surface area (Å²) in [5.41, 5.74) is 0.521. The number of ether oxygens (including phenoxy) is 2. The van der Waals surface area contributed by atoms with E-state index in [1.807, 2.05) is 6.92 Å². The summed E-state index contributed by atoms with van der Waals surface area (Å²) in [7, 11) is 2.87. The minimum absolute atomic E-state index is 0. The lowest BCUT2D eigenvalue weighted by atomic mass is 10.1. The van der Waals surface area contributed by atoms with Crippen molar-refractivity contribution >= 4 is 29.9 Å². The van der Waals surface area contributed by atoms with Gasteiger partial charge in [-0.15, -0.1) is 24.0 Å². The van der Waals surface area contributed by atoms with Crippen molar-refractivity contribution in [1.82, 2.24) is 10.6 Å². The van der Waals surface area contributed by atoms with Gasteiger partial charge in [-0.2, -0.15) is 13.2 Å². The summed E-state index contributed by atoms with van der Waals surface area (Å²) in [4.78, 5) is 4.43. The zero-order valence-corrected chi connectivity index (χ0v) is 19.2. The number of guanidine groups is 1. The number of aromatic hydroxyl groups is 1. The molecule has 2 rings (SSSR count). The average Bonchev–Trinajstić information content (AvgIpc) is 2.70. The maximum absolute atomic E-state index is 12.9. The zero-order chi connectivity index (χ0) is 21.4. The highest BCUT2D eigenvalue weighted by atomic mass is 127. The Labute approximate surface area is 190 Å². The summed E-state index contributed by atoms with van der Waals surface area (Å²) in [6.07, 6.45) is -4.38. The first kappa shape index (κ1) is 25.7. The monoisotopic (exact) mass is 539 g/mol. The number of hydrogen-bond donors (Lipinski definition) is 3. The molecule has 0 radical (unpaired) electrons. The largest absolute Gasteiger partial charge is 0.502 e. The maximum Gasteiger partial charge on any atom is 0.416 e. The summed E-state index contributed by atoms with van der Waals surface area (Å²) in [6, 6.07) is 8.40. The Kier molecular flexibility index (Phi) is 10.0. The summed E-state index contributed by atoms with van der Waals surface area (Å²) in [5.74, 6) is 0.862. The van der Waals surface area contributed by atoms with Crippen LogP contribution < -0.4 is 20.1 Å². The fourth-order valence-corrected chi connectivity index (χ4v) is 2.59. The maximum atomic E-state index is 12.9. The number of methoxy groups -OCH3 is 2. The number of hydrogen-bond acceptors (Lipinski definition) is 4. The van der Waals surface area contributed by atoms with Gasteiger partial charge in [0.1, 0.15) is 0 Å². The normalized spacial score (nSPS) is 11.5. The molecule has 0 aliphatic rings. The van der Waals surface area contributed by atoms with Crippen LogP contribution >= 0.6 is 24.0 Å². The molecule has 0 amide bonds. The molecule has 0 spiro atoms. The van der Waals surface area contributed by atoms with Crippen molar-refractivity contribution in [2.75, 3.05) is 20.8 Å². The Morgan fingerprint density at radius 1 is 1.03 bits per heavy atom. The third kappa shape index (κ3) is 7.15. The van der Waals surface area contributed by atoms with Gasteiger partial charge in [0.15, 0.2) is 17.5 Å². The minimum atomic E-state index is -4.38. The first-order valence-electron chi connectivity index (χ1n) is 8.90. The van der Waals surface area contributed by atoms with E-state index < -0.39 is 11.7 Å². The van der Waals surface area contributed by atoms with Crippen molar-refractivity contribution in [2.24, 2.45) is 4.99 Å². The standard InChI is InChI=1S/C20H24F3N3O3.HI/c1-4-24-19(25-11-13-6-5-7-15(8-13)20(21,22)23)26-12-14-9-16(28-2)18(27)17(10-14)29-3;/h5-10,27H,4,11-12H2,1-3H3,(H2,24,25,26);1H. The summed E-state index contributed by atoms with van der Waals surface area (Å²) in [6.45, 7) is 2.88. The molecule has 0 bridgehead atoms. The van der Waals surface area contributed by atoms with Gasteiger partial charge in [0, 0.05) is 13.1 Å². The predicted octanol–water partition coefficient (Wildman–Crippen LogP) is 4.30. The Hall–Kier alpha value is -2.37. The smallest absolute Gasteiger partial charge is 0.416 e. The molecule has 0 unspecified atom stereocenters. The lowest BCUT2D eigenvalue weighted by Gasteiger charge is -2.14. The van der Waals surface area contributed by atoms with Crippen LogP contribution in [0.1, 0.15) is 23.6 Å². The van der Waals surface area contributed by atoms with Gasteiger partial charge in [0.2, 0.25) is 5.75 Å². The van der Waals surface area contributed by atoms with E-state index in [0.717, 1.165) is 17.7 Å². The van der Waals surface area contributed by atoms with Crippen molar-refractivity contribution in [3.05, 3.63) is 53.1 Å². The quantitative estimate of drug-likeness (QED) is 0.278. The first-order chi connectivity index (χ1) is 13.8. The van der Waals surface area contributed by atoms with E-state index in [-0.39, 0.29) is 54.3 Å². The zero-order valence-electron chi connectivity index (χ0n) is 16.8. The van der Waals surface area contributed by atoms with E-state index in [1.54, 1.807) is 18.2 Å². The molecular formula is C20H25F3IN3O3. The van der Waals surface area contributed by atoms with Crippen LogP contribution in [0.3, 0.4) is 0 Å². The topological polar surface area (TPSA) is 75.1 Å². The Balaban J connectivity index is 0.00000450. The first-order valence-corrected chi connectivity index (χ1v) is 8.90. The van der Waals surface area contributed by atoms with Crippen molar-refractivity contribution in [2.45, 2.75) is 26.2 Å². The number of benzene rings is 2. The minimum Gasteiger partial charge on any atom is -0.502 e. The summed E-state index contributed by atoms with van der Waals surface area (Å²) in [5, 5.41) is 16.0. The Bertz CT molecular complexity index is 836. The second-order valence-electron chi connectivity index (χ2n) is 6.10. The molecule has 0 aliphatic carbocycles. The molecule has 30 heavy (non-hydrogen) atoms. The second kappa shape index (κ2) is 11.7. The van der Waals surface area contributed by atoms with Gasteiger partial charge in [0.05, 0.1) is 26.3 Å². The number of nitrogens with zero attached hydrogens (tertiary/aromatic N) is 1. The molecule has 0 heterocycles. The number of alkyl halides is 3. The van der Waals surface area contributed by atoms with Gasteiger partial charge in [-0.05, 0) is 42.3 Å². The van der Waals surface area contributed by atoms with Crippen LogP contribution in [0.15, 0.2) is 41.4 Å². The van der Waals surface area contributed by atoms with E-state index in [1.165, 1.54) is 20.3 Å². The van der Waals surface area contributed by atoms with Crippen LogP contribution in [0, 0.1) is 0 Å². The van der Waals surface area contributed by atoms with Crippen LogP contribution in [0.2, 0.25) is 0 Å². The molecule has 2 aromatic carbocycles. The number of halogens is 4. The van der Waals surface area contributed by atoms with Gasteiger partial charge in [-0.1, -0.05) is 12.1 Å². The highest BCUT2D eigenvalue weighted by Gasteiger charge is 2.30. The van der Waals surface area contributed by atoms with E-state index in [4.69, 9.17) is 9.47 Å². The predicted molar refractivity (Wildman–Crippen MR) is 120 cm³/mol. The number of nitrogens with one attached hydrogen (secondary N) is 2. The van der Waals surface area contributed by atoms with Crippen LogP contribution in [0.4, 0.5) is 13.2 Å². The second-order valence-corrected chi connectivity index (χ2v) is 6.10. The van der Waals surface area contributed by atoms with Gasteiger partial charge in [-0.25, -0.2) is 4.99 Å². The van der Waals surface area contributed by atoms with Gasteiger partial charge < -0.3 is 25.2 Å². The van der Waals surface area contributed by atoms with E-state index in [9.17, 15) is 18.3 Å². The van der Waals surface area contributed by atoms with Crippen LogP contribution in [0.25, 0.3) is 0 Å². The van der Waals surface area contributed by atoms with E-state index in [0.29, 0.717) is 18.1 Å². The van der Waals surface area contributed by atoms with E-state index >= 15 is 0 Å². The summed E-state index contributed by atoms with van der Waals surface area (Å²) < 4.78 is 48.8. The van der Waals surface area contributed by atoms with Crippen molar-refractivity contribution in [3.8, 4) is 17.2 Å².